The van der Waals surface area contributed by atoms with Crippen LogP contribution in [-0.2, 0) is 0 Å². The molecule has 0 bridgehead atoms. The molecule has 0 saturated carbocycles. The van der Waals surface area contributed by atoms with E-state index in [4.69, 9.17) is 5.73 Å². The Morgan fingerprint density at radius 1 is 0.941 bits per heavy atom. The van der Waals surface area contributed by atoms with Gasteiger partial charge in [-0.3, -0.25) is 0 Å². The Morgan fingerprint density at radius 3 is 1.82 bits per heavy atom. The van der Waals surface area contributed by atoms with Gasteiger partial charge in [0.05, 0.1) is 0 Å². The van der Waals surface area contributed by atoms with Crippen LogP contribution in [0.2, 0.25) is 0 Å². The van der Waals surface area contributed by atoms with Crippen molar-refractivity contribution >= 4 is 12.4 Å². The van der Waals surface area contributed by atoms with Gasteiger partial charge in [0.2, 0.25) is 0 Å². The summed E-state index contributed by atoms with van der Waals surface area (Å²) in [5.74, 6) is 0. The fraction of sp³-hybridized carbons (Fsp3) is 0.333. The molecular weight excluding hydrogens is 230 g/mol. The molecule has 1 nitrogen and oxygen atoms in total. The lowest BCUT2D eigenvalue weighted by molar-refractivity contribution is 0.501. The number of allylic oxidation sites excluding steroid dienone is 3. The SMILES string of the molecule is C=CC/C=C(\CC=C)C(N)(CC=C)CC=C.Cl. The van der Waals surface area contributed by atoms with E-state index in [-0.39, 0.29) is 17.9 Å². The number of rotatable bonds is 9. The average Bonchev–Trinajstić information content (AvgIpc) is 2.24. The van der Waals surface area contributed by atoms with Gasteiger partial charge in [-0.15, -0.1) is 38.7 Å². The molecule has 0 aliphatic carbocycles. The first-order valence-electron chi connectivity index (χ1n) is 5.56. The van der Waals surface area contributed by atoms with Crippen molar-refractivity contribution < 1.29 is 0 Å². The maximum atomic E-state index is 6.40. The molecule has 0 aromatic heterocycles. The van der Waals surface area contributed by atoms with Gasteiger partial charge in [-0.2, -0.15) is 0 Å². The third-order valence-electron chi connectivity index (χ3n) is 2.55. The summed E-state index contributed by atoms with van der Waals surface area (Å²) in [5.41, 5.74) is 7.21. The predicted octanol–water partition coefficient (Wildman–Crippen LogP) is 4.34. The number of hydrogen-bond donors (Lipinski definition) is 1. The Bertz CT molecular complexity index is 279. The molecule has 0 amide bonds. The van der Waals surface area contributed by atoms with Gasteiger partial charge in [0.15, 0.2) is 0 Å². The summed E-state index contributed by atoms with van der Waals surface area (Å²) in [5, 5.41) is 0. The second-order valence-electron chi connectivity index (χ2n) is 3.89. The first-order chi connectivity index (χ1) is 7.64. The Kier molecular flexibility index (Phi) is 10.9. The summed E-state index contributed by atoms with van der Waals surface area (Å²) in [6, 6.07) is 0. The molecule has 0 spiro atoms. The van der Waals surface area contributed by atoms with Crippen LogP contribution in [0.4, 0.5) is 0 Å². The Balaban J connectivity index is 0. The van der Waals surface area contributed by atoms with Crippen LogP contribution in [0.5, 0.6) is 0 Å². The van der Waals surface area contributed by atoms with E-state index >= 15 is 0 Å². The van der Waals surface area contributed by atoms with Crippen molar-refractivity contribution in [1.82, 2.24) is 0 Å². The molecular formula is C15H24ClN. The van der Waals surface area contributed by atoms with Gasteiger partial charge in [-0.1, -0.05) is 30.4 Å². The summed E-state index contributed by atoms with van der Waals surface area (Å²) < 4.78 is 0. The van der Waals surface area contributed by atoms with Gasteiger partial charge in [-0.25, -0.2) is 0 Å². The molecule has 0 radical (unpaired) electrons. The summed E-state index contributed by atoms with van der Waals surface area (Å²) in [4.78, 5) is 0. The molecule has 0 saturated heterocycles. The lowest BCUT2D eigenvalue weighted by atomic mass is 9.82. The van der Waals surface area contributed by atoms with E-state index in [0.29, 0.717) is 0 Å². The molecule has 0 aromatic carbocycles. The van der Waals surface area contributed by atoms with Gasteiger partial charge in [0, 0.05) is 5.54 Å². The Labute approximate surface area is 112 Å². The summed E-state index contributed by atoms with van der Waals surface area (Å²) in [6.07, 6.45) is 12.7. The molecule has 0 aliphatic heterocycles. The largest absolute Gasteiger partial charge is 0.321 e. The van der Waals surface area contributed by atoms with Crippen molar-refractivity contribution in [3.63, 3.8) is 0 Å². The molecule has 2 N–H and O–H groups in total. The van der Waals surface area contributed by atoms with Gasteiger partial charge in [-0.05, 0) is 31.3 Å². The number of hydrogen-bond acceptors (Lipinski definition) is 1. The third-order valence-corrected chi connectivity index (χ3v) is 2.55. The standard InChI is InChI=1S/C15H23N.ClH/c1-5-9-11-14(10-6-2)15(16,12-7-3)13-8-4;/h5-8,11H,1-4,9-10,12-13,16H2;1H/b14-11+;. The zero-order chi connectivity index (χ0) is 12.4. The maximum Gasteiger partial charge on any atom is 0.0441 e. The average molecular weight is 254 g/mol. The zero-order valence-corrected chi connectivity index (χ0v) is 11.3. The second-order valence-corrected chi connectivity index (χ2v) is 3.89. The van der Waals surface area contributed by atoms with E-state index < -0.39 is 0 Å². The molecule has 0 aromatic rings. The molecule has 0 atom stereocenters. The highest BCUT2D eigenvalue weighted by Gasteiger charge is 2.25. The quantitative estimate of drug-likeness (QED) is 0.608. The lowest BCUT2D eigenvalue weighted by Gasteiger charge is -2.30. The molecule has 0 heterocycles. The van der Waals surface area contributed by atoms with E-state index in [1.54, 1.807) is 0 Å². The minimum atomic E-state index is -0.374. The van der Waals surface area contributed by atoms with Crippen LogP contribution in [0.1, 0.15) is 25.7 Å². The van der Waals surface area contributed by atoms with Crippen LogP contribution in [0.15, 0.2) is 62.3 Å². The van der Waals surface area contributed by atoms with Crippen LogP contribution in [0.3, 0.4) is 0 Å². The first kappa shape index (κ1) is 18.3. The van der Waals surface area contributed by atoms with E-state index in [2.05, 4.69) is 32.4 Å². The van der Waals surface area contributed by atoms with Crippen molar-refractivity contribution in [2.45, 2.75) is 31.2 Å². The fourth-order valence-electron chi connectivity index (χ4n) is 1.73. The zero-order valence-electron chi connectivity index (χ0n) is 10.5. The van der Waals surface area contributed by atoms with Gasteiger partial charge >= 0.3 is 0 Å². The highest BCUT2D eigenvalue weighted by Crippen LogP contribution is 2.26. The van der Waals surface area contributed by atoms with Crippen LogP contribution >= 0.6 is 12.4 Å². The number of nitrogens with two attached hydrogens (primary N) is 1. The van der Waals surface area contributed by atoms with Crippen molar-refractivity contribution in [2.24, 2.45) is 5.73 Å². The van der Waals surface area contributed by atoms with Crippen LogP contribution in [0.25, 0.3) is 0 Å². The van der Waals surface area contributed by atoms with Gasteiger partial charge < -0.3 is 5.73 Å². The maximum absolute atomic E-state index is 6.40. The molecule has 96 valence electrons. The summed E-state index contributed by atoms with van der Waals surface area (Å²) in [6.45, 7) is 15.0. The summed E-state index contributed by atoms with van der Waals surface area (Å²) >= 11 is 0. The first-order valence-corrected chi connectivity index (χ1v) is 5.56. The number of halogens is 1. The molecule has 0 unspecified atom stereocenters. The fourth-order valence-corrected chi connectivity index (χ4v) is 1.73. The van der Waals surface area contributed by atoms with E-state index in [0.717, 1.165) is 25.7 Å². The van der Waals surface area contributed by atoms with E-state index in [1.807, 2.05) is 24.3 Å². The lowest BCUT2D eigenvalue weighted by Crippen LogP contribution is -2.40. The normalized spacial score (nSPS) is 11.2. The predicted molar refractivity (Wildman–Crippen MR) is 81.5 cm³/mol. The Hall–Kier alpha value is -1.05. The molecule has 0 aliphatic rings. The summed E-state index contributed by atoms with van der Waals surface area (Å²) in [7, 11) is 0. The molecule has 17 heavy (non-hydrogen) atoms. The molecule has 0 rings (SSSR count). The van der Waals surface area contributed by atoms with Gasteiger partial charge in [0.1, 0.15) is 0 Å². The van der Waals surface area contributed by atoms with Crippen molar-refractivity contribution in [1.29, 1.82) is 0 Å². The van der Waals surface area contributed by atoms with Crippen molar-refractivity contribution in [3.05, 3.63) is 62.3 Å². The minimum absolute atomic E-state index is 0. The van der Waals surface area contributed by atoms with Crippen molar-refractivity contribution in [3.8, 4) is 0 Å². The van der Waals surface area contributed by atoms with E-state index in [9.17, 15) is 0 Å². The van der Waals surface area contributed by atoms with E-state index in [1.165, 1.54) is 5.57 Å². The van der Waals surface area contributed by atoms with Crippen LogP contribution in [-0.4, -0.2) is 5.54 Å². The Morgan fingerprint density at radius 2 is 1.47 bits per heavy atom. The van der Waals surface area contributed by atoms with Crippen molar-refractivity contribution in [2.75, 3.05) is 0 Å². The molecule has 2 heteroatoms. The topological polar surface area (TPSA) is 26.0 Å². The second kappa shape index (κ2) is 10.1. The third kappa shape index (κ3) is 6.30. The smallest absolute Gasteiger partial charge is 0.0441 e. The highest BCUT2D eigenvalue weighted by molar-refractivity contribution is 5.85. The van der Waals surface area contributed by atoms with Crippen LogP contribution < -0.4 is 5.73 Å². The highest BCUT2D eigenvalue weighted by atomic mass is 35.5. The molecule has 0 fully saturated rings. The minimum Gasteiger partial charge on any atom is -0.321 e. The van der Waals surface area contributed by atoms with Crippen LogP contribution in [0, 0.1) is 0 Å². The van der Waals surface area contributed by atoms with Gasteiger partial charge in [0.25, 0.3) is 0 Å². The monoisotopic (exact) mass is 253 g/mol.